The van der Waals surface area contributed by atoms with Gasteiger partial charge in [-0.2, -0.15) is 0 Å². The van der Waals surface area contributed by atoms with E-state index < -0.39 is 14.5 Å². The van der Waals surface area contributed by atoms with E-state index in [1.165, 1.54) is 31.8 Å². The molecule has 6 aromatic carbocycles. The van der Waals surface area contributed by atoms with Crippen LogP contribution in [0.15, 0.2) is 182 Å². The van der Waals surface area contributed by atoms with Gasteiger partial charge < -0.3 is 48.0 Å². The molecule has 0 saturated heterocycles. The molecule has 0 nitrogen and oxygen atoms in total. The highest BCUT2D eigenvalue weighted by Gasteiger charge is 2.59. The molecule has 204 valence electrons. The minimum atomic E-state index is -2.12. The first-order valence-electron chi connectivity index (χ1n) is 13.4. The third-order valence-electron chi connectivity index (χ3n) is 7.61. The van der Waals surface area contributed by atoms with Gasteiger partial charge in [-0.15, -0.1) is 0 Å². The first kappa shape index (κ1) is 31.6. The molecule has 6 aromatic rings. The monoisotopic (exact) mass is 792 g/mol. The van der Waals surface area contributed by atoms with Gasteiger partial charge in [0.05, 0.1) is 0 Å². The van der Waals surface area contributed by atoms with Gasteiger partial charge in [-0.1, -0.05) is 109 Å². The van der Waals surface area contributed by atoms with Crippen LogP contribution < -0.4 is 79.8 Å². The van der Waals surface area contributed by atoms with Crippen molar-refractivity contribution in [2.75, 3.05) is 5.90 Å². The first-order valence-corrected chi connectivity index (χ1v) is 17.4. The SMILES string of the molecule is [I-].[I-].c1ccc([P+](C[P+](c2ccccc2)(c2ccccc2)c2ccccc2)(c2ccccc2)c2ccccc2)cc1. The maximum absolute atomic E-state index is 2.36. The smallest absolute Gasteiger partial charge is 0.188 e. The van der Waals surface area contributed by atoms with Crippen molar-refractivity contribution < 1.29 is 48.0 Å². The molecule has 0 bridgehead atoms. The van der Waals surface area contributed by atoms with Gasteiger partial charge in [0.25, 0.3) is 0 Å². The van der Waals surface area contributed by atoms with Gasteiger partial charge in [-0.05, 0) is 72.8 Å². The summed E-state index contributed by atoms with van der Waals surface area (Å²) in [6.07, 6.45) is 0. The van der Waals surface area contributed by atoms with Gasteiger partial charge in [0.2, 0.25) is 0 Å². The Labute approximate surface area is 280 Å². The van der Waals surface area contributed by atoms with E-state index in [1.807, 2.05) is 0 Å². The third-order valence-corrected chi connectivity index (χ3v) is 18.1. The number of benzene rings is 6. The fourth-order valence-electron chi connectivity index (χ4n) is 5.80. The molecule has 0 unspecified atom stereocenters. The molecule has 0 fully saturated rings. The van der Waals surface area contributed by atoms with Crippen LogP contribution in [0.2, 0.25) is 0 Å². The lowest BCUT2D eigenvalue weighted by Gasteiger charge is -2.34. The van der Waals surface area contributed by atoms with Crippen LogP contribution in [0.3, 0.4) is 0 Å². The summed E-state index contributed by atoms with van der Waals surface area (Å²) in [6.45, 7) is 0. The van der Waals surface area contributed by atoms with E-state index in [1.54, 1.807) is 0 Å². The zero-order chi connectivity index (χ0) is 26.4. The highest BCUT2D eigenvalue weighted by molar-refractivity contribution is 8.10. The summed E-state index contributed by atoms with van der Waals surface area (Å²) < 4.78 is 0. The number of halogens is 2. The van der Waals surface area contributed by atoms with Crippen LogP contribution in [-0.4, -0.2) is 5.90 Å². The lowest BCUT2D eigenvalue weighted by molar-refractivity contribution is -0.00100. The molecular formula is C37H32I2P2. The largest absolute Gasteiger partial charge is 1.00 e. The normalized spacial score (nSPS) is 11.1. The molecule has 0 spiro atoms. The molecule has 0 amide bonds. The van der Waals surface area contributed by atoms with E-state index in [4.69, 9.17) is 0 Å². The summed E-state index contributed by atoms with van der Waals surface area (Å²) in [5.74, 6) is 1.04. The minimum absolute atomic E-state index is 0. The van der Waals surface area contributed by atoms with Crippen molar-refractivity contribution in [3.63, 3.8) is 0 Å². The average Bonchev–Trinajstić information content (AvgIpc) is 3.04. The maximum atomic E-state index is 2.36. The van der Waals surface area contributed by atoms with Gasteiger partial charge in [0, 0.05) is 0 Å². The second-order valence-electron chi connectivity index (χ2n) is 9.77. The lowest BCUT2D eigenvalue weighted by atomic mass is 10.4. The molecule has 0 radical (unpaired) electrons. The van der Waals surface area contributed by atoms with E-state index in [-0.39, 0.29) is 48.0 Å². The van der Waals surface area contributed by atoms with Gasteiger partial charge in [-0.25, -0.2) is 0 Å². The Balaban J connectivity index is 0.00000194. The van der Waals surface area contributed by atoms with Gasteiger partial charge in [-0.3, -0.25) is 0 Å². The van der Waals surface area contributed by atoms with Crippen LogP contribution in [0.5, 0.6) is 0 Å². The van der Waals surface area contributed by atoms with Crippen LogP contribution in [0, 0.1) is 0 Å². The van der Waals surface area contributed by atoms with Crippen LogP contribution in [0.1, 0.15) is 0 Å². The molecule has 0 saturated carbocycles. The first-order chi connectivity index (χ1) is 19.3. The zero-order valence-electron chi connectivity index (χ0n) is 22.7. The molecule has 41 heavy (non-hydrogen) atoms. The molecule has 0 atom stereocenters. The maximum Gasteiger partial charge on any atom is 0.188 e. The van der Waals surface area contributed by atoms with E-state index in [9.17, 15) is 0 Å². The number of hydrogen-bond acceptors (Lipinski definition) is 0. The highest BCUT2D eigenvalue weighted by atomic mass is 127. The Morgan fingerprint density at radius 3 is 0.537 bits per heavy atom. The minimum Gasteiger partial charge on any atom is -1.00 e. The molecule has 0 aliphatic heterocycles. The average molecular weight is 792 g/mol. The summed E-state index contributed by atoms with van der Waals surface area (Å²) in [7, 11) is -4.24. The molecular weight excluding hydrogens is 760 g/mol. The van der Waals surface area contributed by atoms with E-state index in [0.717, 1.165) is 5.90 Å². The van der Waals surface area contributed by atoms with Gasteiger partial charge in [0.15, 0.2) is 20.4 Å². The summed E-state index contributed by atoms with van der Waals surface area (Å²) in [5.41, 5.74) is 0. The van der Waals surface area contributed by atoms with Crippen molar-refractivity contribution >= 4 is 46.4 Å². The van der Waals surface area contributed by atoms with Gasteiger partial charge >= 0.3 is 0 Å². The second-order valence-corrected chi connectivity index (χ2v) is 17.2. The van der Waals surface area contributed by atoms with E-state index in [0.29, 0.717) is 0 Å². The molecule has 0 N–H and O–H groups in total. The molecule has 0 aromatic heterocycles. The Morgan fingerprint density at radius 1 is 0.244 bits per heavy atom. The quantitative estimate of drug-likeness (QED) is 0.159. The second kappa shape index (κ2) is 14.7. The van der Waals surface area contributed by atoms with E-state index >= 15 is 0 Å². The Hall–Kier alpha value is -2.36. The number of rotatable bonds is 8. The predicted octanol–water partition coefficient (Wildman–Crippen LogP) is 0.940. The molecule has 0 heterocycles. The summed E-state index contributed by atoms with van der Waals surface area (Å²) in [5, 5.41) is 8.55. The molecule has 0 aliphatic carbocycles. The van der Waals surface area contributed by atoms with Crippen molar-refractivity contribution in [1.29, 1.82) is 0 Å². The Kier molecular flexibility index (Phi) is 11.3. The Bertz CT molecular complexity index is 1280. The molecule has 0 aliphatic rings. The molecule has 4 heteroatoms. The van der Waals surface area contributed by atoms with Crippen LogP contribution in [0.25, 0.3) is 0 Å². The van der Waals surface area contributed by atoms with Crippen LogP contribution in [0.4, 0.5) is 0 Å². The summed E-state index contributed by atoms with van der Waals surface area (Å²) in [6, 6.07) is 67.8. The summed E-state index contributed by atoms with van der Waals surface area (Å²) in [4.78, 5) is 0. The lowest BCUT2D eigenvalue weighted by Crippen LogP contribution is -3.00. The summed E-state index contributed by atoms with van der Waals surface area (Å²) >= 11 is 0. The topological polar surface area (TPSA) is 0 Å². The predicted molar refractivity (Wildman–Crippen MR) is 175 cm³/mol. The third kappa shape index (κ3) is 6.22. The van der Waals surface area contributed by atoms with Crippen molar-refractivity contribution in [3.05, 3.63) is 182 Å². The van der Waals surface area contributed by atoms with Crippen LogP contribution >= 0.6 is 14.5 Å². The highest BCUT2D eigenvalue weighted by Crippen LogP contribution is 2.70. The van der Waals surface area contributed by atoms with Crippen molar-refractivity contribution in [2.45, 2.75) is 0 Å². The van der Waals surface area contributed by atoms with E-state index in [2.05, 4.69) is 182 Å². The fourth-order valence-corrected chi connectivity index (χ4v) is 18.1. The fraction of sp³-hybridized carbons (Fsp3) is 0.0270. The molecule has 6 rings (SSSR count). The number of hydrogen-bond donors (Lipinski definition) is 0. The van der Waals surface area contributed by atoms with Crippen molar-refractivity contribution in [2.24, 2.45) is 0 Å². The van der Waals surface area contributed by atoms with Gasteiger partial charge in [0.1, 0.15) is 31.8 Å². The Morgan fingerprint density at radius 2 is 0.390 bits per heavy atom. The van der Waals surface area contributed by atoms with Crippen molar-refractivity contribution in [1.82, 2.24) is 0 Å². The van der Waals surface area contributed by atoms with Crippen LogP contribution in [-0.2, 0) is 0 Å². The van der Waals surface area contributed by atoms with Crippen molar-refractivity contribution in [3.8, 4) is 0 Å². The zero-order valence-corrected chi connectivity index (χ0v) is 28.8. The standard InChI is InChI=1S/C37H32P2.2HI/c1-7-19-32(20-8-1)38(33-21-9-2-10-22-33,34-23-11-3-12-24-34)31-39(35-25-13-4-14-26-35,36-27-15-5-16-28-36)37-29-17-6-18-30-37;;/h1-30H,31H2;2*1H/q+2;;/p-2.